The van der Waals surface area contributed by atoms with Crippen LogP contribution in [0.15, 0.2) is 53.6 Å². The van der Waals surface area contributed by atoms with Crippen LogP contribution in [-0.2, 0) is 13.5 Å². The van der Waals surface area contributed by atoms with Crippen LogP contribution in [0.2, 0.25) is 5.02 Å². The number of ether oxygens (including phenoxy) is 1. The minimum atomic E-state index is -4.78. The summed E-state index contributed by atoms with van der Waals surface area (Å²) in [4.78, 5) is 19.5. The molecule has 1 fully saturated rings. The van der Waals surface area contributed by atoms with Crippen molar-refractivity contribution in [3.05, 3.63) is 75.4 Å². The molecule has 0 N–H and O–H groups in total. The van der Waals surface area contributed by atoms with Gasteiger partial charge in [0, 0.05) is 19.4 Å². The predicted molar refractivity (Wildman–Crippen MR) is 133 cm³/mol. The first kappa shape index (κ1) is 26.3. The van der Waals surface area contributed by atoms with E-state index in [1.807, 2.05) is 19.2 Å². The molecule has 3 heterocycles. The highest BCUT2D eigenvalue weighted by molar-refractivity contribution is 6.31. The molecule has 10 heteroatoms. The number of pyridine rings is 1. The fraction of sp³-hybridized carbons (Fsp3) is 0.462. The van der Waals surface area contributed by atoms with E-state index in [0.29, 0.717) is 17.3 Å². The quantitative estimate of drug-likeness (QED) is 0.368. The van der Waals surface area contributed by atoms with Crippen molar-refractivity contribution in [1.82, 2.24) is 19.2 Å². The molecule has 1 saturated heterocycles. The highest BCUT2D eigenvalue weighted by Gasteiger charge is 2.31. The maximum absolute atomic E-state index is 13.0. The number of benzene rings is 1. The predicted octanol–water partition coefficient (Wildman–Crippen LogP) is 5.92. The molecule has 0 saturated carbocycles. The number of likely N-dealkylation sites (tertiary alicyclic amines) is 1. The summed E-state index contributed by atoms with van der Waals surface area (Å²) < 4.78 is 44.4. The zero-order valence-corrected chi connectivity index (χ0v) is 21.1. The average molecular weight is 523 g/mol. The van der Waals surface area contributed by atoms with Crippen molar-refractivity contribution in [1.29, 1.82) is 0 Å². The summed E-state index contributed by atoms with van der Waals surface area (Å²) in [7, 11) is 1.74. The van der Waals surface area contributed by atoms with E-state index < -0.39 is 11.9 Å². The van der Waals surface area contributed by atoms with E-state index in [2.05, 4.69) is 20.7 Å². The largest absolute Gasteiger partial charge is 0.573 e. The van der Waals surface area contributed by atoms with Gasteiger partial charge in [0.2, 0.25) is 0 Å². The van der Waals surface area contributed by atoms with Crippen molar-refractivity contribution in [2.45, 2.75) is 51.4 Å². The number of nitrogens with zero attached hydrogens (tertiary/aromatic N) is 4. The van der Waals surface area contributed by atoms with E-state index >= 15 is 0 Å². The van der Waals surface area contributed by atoms with Gasteiger partial charge in [-0.1, -0.05) is 24.1 Å². The van der Waals surface area contributed by atoms with Gasteiger partial charge in [0.25, 0.3) is 5.56 Å². The van der Waals surface area contributed by atoms with E-state index in [0.717, 1.165) is 38.8 Å². The Morgan fingerprint density at radius 2 is 1.86 bits per heavy atom. The highest BCUT2D eigenvalue weighted by atomic mass is 35.5. The second-order valence-corrected chi connectivity index (χ2v) is 9.67. The first-order valence-corrected chi connectivity index (χ1v) is 12.5. The molecule has 0 spiro atoms. The Hall–Kier alpha value is -2.78. The average Bonchev–Trinajstić information content (AvgIpc) is 3.07. The van der Waals surface area contributed by atoms with Crippen molar-refractivity contribution in [2.24, 2.45) is 13.0 Å². The number of halogens is 4. The van der Waals surface area contributed by atoms with E-state index in [9.17, 15) is 18.0 Å². The molecule has 194 valence electrons. The summed E-state index contributed by atoms with van der Waals surface area (Å²) in [5.74, 6) is 0.322. The molecule has 1 aliphatic rings. The highest BCUT2D eigenvalue weighted by Crippen LogP contribution is 2.32. The topological polar surface area (TPSA) is 52.3 Å². The third kappa shape index (κ3) is 6.13. The van der Waals surface area contributed by atoms with Crippen LogP contribution >= 0.6 is 11.6 Å². The molecule has 4 rings (SSSR count). The lowest BCUT2D eigenvalue weighted by Crippen LogP contribution is -2.36. The SMILES string of the molecule is CC(c1c(Cl)c(=O)n(-c2ccc(OC(F)(F)F)cc2)n1C)N1CCC(CCCc2cccnc2)CC1. The van der Waals surface area contributed by atoms with Gasteiger partial charge in [0.15, 0.2) is 0 Å². The van der Waals surface area contributed by atoms with Crippen molar-refractivity contribution < 1.29 is 17.9 Å². The van der Waals surface area contributed by atoms with Crippen molar-refractivity contribution >= 4 is 11.6 Å². The van der Waals surface area contributed by atoms with Gasteiger partial charge in [-0.3, -0.25) is 19.4 Å². The first-order valence-electron chi connectivity index (χ1n) is 12.1. The zero-order valence-electron chi connectivity index (χ0n) is 20.3. The van der Waals surface area contributed by atoms with Crippen LogP contribution in [0.5, 0.6) is 5.75 Å². The molecule has 0 aliphatic carbocycles. The third-order valence-electron chi connectivity index (χ3n) is 6.96. The molecule has 1 aromatic carbocycles. The Balaban J connectivity index is 1.40. The van der Waals surface area contributed by atoms with Gasteiger partial charge in [0.05, 0.1) is 17.4 Å². The van der Waals surface area contributed by atoms with E-state index in [1.54, 1.807) is 17.9 Å². The number of alkyl halides is 3. The Morgan fingerprint density at radius 1 is 1.17 bits per heavy atom. The molecule has 0 radical (unpaired) electrons. The molecule has 1 aliphatic heterocycles. The lowest BCUT2D eigenvalue weighted by molar-refractivity contribution is -0.274. The summed E-state index contributed by atoms with van der Waals surface area (Å²) in [5, 5.41) is 0.124. The Kier molecular flexibility index (Phi) is 8.10. The van der Waals surface area contributed by atoms with Crippen molar-refractivity contribution in [3.8, 4) is 11.4 Å². The van der Waals surface area contributed by atoms with Gasteiger partial charge in [-0.25, -0.2) is 4.68 Å². The van der Waals surface area contributed by atoms with Gasteiger partial charge in [-0.15, -0.1) is 13.2 Å². The number of hydrogen-bond acceptors (Lipinski definition) is 4. The molecule has 3 aromatic rings. The van der Waals surface area contributed by atoms with Crippen LogP contribution in [0.25, 0.3) is 5.69 Å². The zero-order chi connectivity index (χ0) is 25.9. The number of rotatable bonds is 8. The normalized spacial score (nSPS) is 16.3. The number of aromatic nitrogens is 3. The summed E-state index contributed by atoms with van der Waals surface area (Å²) in [6, 6.07) is 9.17. The maximum Gasteiger partial charge on any atom is 0.573 e. The molecule has 0 bridgehead atoms. The Morgan fingerprint density at radius 3 is 2.47 bits per heavy atom. The maximum atomic E-state index is 13.0. The van der Waals surface area contributed by atoms with Crippen molar-refractivity contribution in [2.75, 3.05) is 13.1 Å². The third-order valence-corrected chi connectivity index (χ3v) is 7.32. The summed E-state index contributed by atoms with van der Waals surface area (Å²) in [5.41, 5.74) is 1.96. The van der Waals surface area contributed by atoms with E-state index in [-0.39, 0.29) is 16.8 Å². The van der Waals surface area contributed by atoms with Crippen LogP contribution in [0, 0.1) is 5.92 Å². The van der Waals surface area contributed by atoms with Crippen LogP contribution < -0.4 is 10.3 Å². The van der Waals surface area contributed by atoms with E-state index in [4.69, 9.17) is 11.6 Å². The van der Waals surface area contributed by atoms with Crippen LogP contribution in [0.4, 0.5) is 13.2 Å². The van der Waals surface area contributed by atoms with Gasteiger partial charge >= 0.3 is 6.36 Å². The Labute approximate surface area is 213 Å². The van der Waals surface area contributed by atoms with Crippen LogP contribution in [0.3, 0.4) is 0 Å². The molecule has 36 heavy (non-hydrogen) atoms. The minimum Gasteiger partial charge on any atom is -0.406 e. The smallest absolute Gasteiger partial charge is 0.406 e. The van der Waals surface area contributed by atoms with E-state index in [1.165, 1.54) is 40.9 Å². The number of hydrogen-bond donors (Lipinski definition) is 0. The minimum absolute atomic E-state index is 0.0828. The van der Waals surface area contributed by atoms with Crippen LogP contribution in [0.1, 0.15) is 49.9 Å². The summed E-state index contributed by atoms with van der Waals surface area (Å²) in [6.45, 7) is 3.86. The number of aryl methyl sites for hydroxylation is 1. The fourth-order valence-corrected chi connectivity index (χ4v) is 5.42. The fourth-order valence-electron chi connectivity index (χ4n) is 5.06. The summed E-state index contributed by atoms with van der Waals surface area (Å²) >= 11 is 6.50. The molecular weight excluding hydrogens is 493 g/mol. The second kappa shape index (κ2) is 11.1. The van der Waals surface area contributed by atoms with Gasteiger partial charge in [-0.2, -0.15) is 0 Å². The van der Waals surface area contributed by atoms with Gasteiger partial charge < -0.3 is 4.74 Å². The van der Waals surface area contributed by atoms with Crippen molar-refractivity contribution in [3.63, 3.8) is 0 Å². The van der Waals surface area contributed by atoms with Crippen LogP contribution in [-0.4, -0.2) is 38.7 Å². The molecule has 1 unspecified atom stereocenters. The molecular formula is C26H30ClF3N4O2. The summed E-state index contributed by atoms with van der Waals surface area (Å²) in [6.07, 6.45) is 4.48. The first-order chi connectivity index (χ1) is 17.1. The number of piperidine rings is 1. The lowest BCUT2D eigenvalue weighted by atomic mass is 9.90. The second-order valence-electron chi connectivity index (χ2n) is 9.29. The standard InChI is InChI=1S/C26H30ClF3N4O2/c1-18(33-15-12-19(13-16-33)5-3-6-20-7-4-14-31-17-20)24-23(27)25(35)34(32(24)2)21-8-10-22(11-9-21)36-26(28,29)30/h4,7-11,14,17-19H,3,5-6,12-13,15-16H2,1-2H3. The molecule has 6 nitrogen and oxygen atoms in total. The monoisotopic (exact) mass is 522 g/mol. The lowest BCUT2D eigenvalue weighted by Gasteiger charge is -2.36. The van der Waals surface area contributed by atoms with Gasteiger partial charge in [-0.05, 0) is 87.5 Å². The van der Waals surface area contributed by atoms with Gasteiger partial charge in [0.1, 0.15) is 10.8 Å². The molecule has 2 aromatic heterocycles. The molecule has 0 amide bonds. The molecule has 1 atom stereocenters. The Bertz CT molecular complexity index is 1200.